The molecule has 2 heteroatoms. The van der Waals surface area contributed by atoms with Crippen LogP contribution in [-0.4, -0.2) is 18.3 Å². The highest BCUT2D eigenvalue weighted by Crippen LogP contribution is 2.31. The molecule has 15 heavy (non-hydrogen) atoms. The molecule has 0 radical (unpaired) electrons. The Morgan fingerprint density at radius 3 is 2.80 bits per heavy atom. The van der Waals surface area contributed by atoms with E-state index in [1.807, 2.05) is 12.1 Å². The van der Waals surface area contributed by atoms with Crippen molar-refractivity contribution in [2.75, 3.05) is 13.2 Å². The summed E-state index contributed by atoms with van der Waals surface area (Å²) >= 11 is 0. The molecule has 1 fully saturated rings. The van der Waals surface area contributed by atoms with Crippen LogP contribution in [0.2, 0.25) is 0 Å². The van der Waals surface area contributed by atoms with Crippen molar-refractivity contribution >= 4 is 0 Å². The van der Waals surface area contributed by atoms with Gasteiger partial charge >= 0.3 is 0 Å². The molecule has 1 aromatic rings. The molecule has 1 aromatic carbocycles. The van der Waals surface area contributed by atoms with Crippen molar-refractivity contribution in [3.8, 4) is 0 Å². The minimum atomic E-state index is -0.759. The molecule has 1 aliphatic heterocycles. The maximum absolute atomic E-state index is 10.3. The standard InChI is InChI=1S/C13H18O2/c1-10(2)11-4-3-5-12(8-11)13(14)6-7-15-9-13/h3-5,8,10,14H,6-7,9H2,1-2H3. The topological polar surface area (TPSA) is 29.5 Å². The van der Waals surface area contributed by atoms with Crippen LogP contribution < -0.4 is 0 Å². The molecule has 1 saturated heterocycles. The fourth-order valence-corrected chi connectivity index (χ4v) is 1.97. The van der Waals surface area contributed by atoms with Crippen LogP contribution in [0.25, 0.3) is 0 Å². The van der Waals surface area contributed by atoms with E-state index in [4.69, 9.17) is 4.74 Å². The Balaban J connectivity index is 2.31. The molecule has 82 valence electrons. The van der Waals surface area contributed by atoms with Gasteiger partial charge in [0.1, 0.15) is 5.60 Å². The fourth-order valence-electron chi connectivity index (χ4n) is 1.97. The molecule has 0 aromatic heterocycles. The predicted molar refractivity (Wildman–Crippen MR) is 59.9 cm³/mol. The molecule has 1 atom stereocenters. The van der Waals surface area contributed by atoms with Crippen LogP contribution in [0.15, 0.2) is 24.3 Å². The van der Waals surface area contributed by atoms with Gasteiger partial charge in [-0.2, -0.15) is 0 Å². The van der Waals surface area contributed by atoms with E-state index in [0.717, 1.165) is 5.56 Å². The van der Waals surface area contributed by atoms with Crippen molar-refractivity contribution in [2.24, 2.45) is 0 Å². The second-order valence-corrected chi connectivity index (χ2v) is 4.61. The van der Waals surface area contributed by atoms with Crippen molar-refractivity contribution in [1.82, 2.24) is 0 Å². The first-order valence-corrected chi connectivity index (χ1v) is 5.52. The summed E-state index contributed by atoms with van der Waals surface area (Å²) in [5.41, 5.74) is 1.50. The summed E-state index contributed by atoms with van der Waals surface area (Å²) in [5, 5.41) is 10.3. The first-order valence-electron chi connectivity index (χ1n) is 5.52. The summed E-state index contributed by atoms with van der Waals surface area (Å²) in [6.45, 7) is 5.40. The molecule has 0 amide bonds. The van der Waals surface area contributed by atoms with Crippen LogP contribution in [0.1, 0.15) is 37.3 Å². The maximum Gasteiger partial charge on any atom is 0.115 e. The van der Waals surface area contributed by atoms with Crippen molar-refractivity contribution in [1.29, 1.82) is 0 Å². The average Bonchev–Trinajstić information content (AvgIpc) is 2.67. The third-order valence-corrected chi connectivity index (χ3v) is 3.09. The third kappa shape index (κ3) is 2.06. The molecule has 0 bridgehead atoms. The Morgan fingerprint density at radius 1 is 1.40 bits per heavy atom. The van der Waals surface area contributed by atoms with Gasteiger partial charge in [-0.05, 0) is 17.0 Å². The Kier molecular flexibility index (Phi) is 2.81. The van der Waals surface area contributed by atoms with E-state index in [2.05, 4.69) is 26.0 Å². The molecule has 1 unspecified atom stereocenters. The van der Waals surface area contributed by atoms with E-state index in [1.54, 1.807) is 0 Å². The Bertz CT molecular complexity index is 338. The summed E-state index contributed by atoms with van der Waals surface area (Å²) in [7, 11) is 0. The zero-order chi connectivity index (χ0) is 10.9. The van der Waals surface area contributed by atoms with Gasteiger partial charge in [-0.25, -0.2) is 0 Å². The molecule has 1 aliphatic rings. The molecule has 0 spiro atoms. The summed E-state index contributed by atoms with van der Waals surface area (Å²) in [5.74, 6) is 0.496. The van der Waals surface area contributed by atoms with E-state index in [-0.39, 0.29) is 0 Å². The first kappa shape index (κ1) is 10.7. The Labute approximate surface area is 90.9 Å². The van der Waals surface area contributed by atoms with Gasteiger partial charge in [0.25, 0.3) is 0 Å². The second-order valence-electron chi connectivity index (χ2n) is 4.61. The molecule has 0 saturated carbocycles. The van der Waals surface area contributed by atoms with Crippen molar-refractivity contribution in [3.05, 3.63) is 35.4 Å². The van der Waals surface area contributed by atoms with Gasteiger partial charge in [0.15, 0.2) is 0 Å². The number of rotatable bonds is 2. The smallest absolute Gasteiger partial charge is 0.115 e. The van der Waals surface area contributed by atoms with E-state index < -0.39 is 5.60 Å². The van der Waals surface area contributed by atoms with Crippen molar-refractivity contribution in [2.45, 2.75) is 31.8 Å². The Hall–Kier alpha value is -0.860. The van der Waals surface area contributed by atoms with Gasteiger partial charge in [0.05, 0.1) is 6.61 Å². The van der Waals surface area contributed by atoms with Gasteiger partial charge in [0.2, 0.25) is 0 Å². The average molecular weight is 206 g/mol. The van der Waals surface area contributed by atoms with E-state index in [1.165, 1.54) is 5.56 Å². The minimum Gasteiger partial charge on any atom is -0.383 e. The molecule has 2 nitrogen and oxygen atoms in total. The zero-order valence-electron chi connectivity index (χ0n) is 9.36. The normalized spacial score (nSPS) is 26.1. The van der Waals surface area contributed by atoms with E-state index in [0.29, 0.717) is 25.6 Å². The SMILES string of the molecule is CC(C)c1cccc(C2(O)CCOC2)c1. The molecular formula is C13H18O2. The minimum absolute atomic E-state index is 0.425. The zero-order valence-corrected chi connectivity index (χ0v) is 9.36. The van der Waals surface area contributed by atoms with Crippen LogP contribution in [0.5, 0.6) is 0 Å². The van der Waals surface area contributed by atoms with Crippen LogP contribution in [-0.2, 0) is 10.3 Å². The molecule has 1 heterocycles. The van der Waals surface area contributed by atoms with Gasteiger partial charge in [-0.15, -0.1) is 0 Å². The molecule has 2 rings (SSSR count). The van der Waals surface area contributed by atoms with Gasteiger partial charge in [-0.1, -0.05) is 38.1 Å². The van der Waals surface area contributed by atoms with Crippen LogP contribution >= 0.6 is 0 Å². The fraction of sp³-hybridized carbons (Fsp3) is 0.538. The monoisotopic (exact) mass is 206 g/mol. The van der Waals surface area contributed by atoms with E-state index in [9.17, 15) is 5.11 Å². The largest absolute Gasteiger partial charge is 0.383 e. The van der Waals surface area contributed by atoms with E-state index >= 15 is 0 Å². The van der Waals surface area contributed by atoms with Crippen molar-refractivity contribution < 1.29 is 9.84 Å². The van der Waals surface area contributed by atoms with Gasteiger partial charge in [0, 0.05) is 13.0 Å². The molecular weight excluding hydrogens is 188 g/mol. The molecule has 1 N–H and O–H groups in total. The second kappa shape index (κ2) is 3.95. The highest BCUT2D eigenvalue weighted by molar-refractivity contribution is 5.30. The number of hydrogen-bond acceptors (Lipinski definition) is 2. The number of aliphatic hydroxyl groups is 1. The summed E-state index contributed by atoms with van der Waals surface area (Å²) in [6.07, 6.45) is 0.703. The lowest BCUT2D eigenvalue weighted by atomic mass is 9.90. The lowest BCUT2D eigenvalue weighted by Gasteiger charge is -2.22. The molecule has 0 aliphatic carbocycles. The summed E-state index contributed by atoms with van der Waals surface area (Å²) in [6, 6.07) is 8.20. The highest BCUT2D eigenvalue weighted by atomic mass is 16.5. The van der Waals surface area contributed by atoms with Crippen molar-refractivity contribution in [3.63, 3.8) is 0 Å². The first-order chi connectivity index (χ1) is 7.12. The number of hydrogen-bond donors (Lipinski definition) is 1. The third-order valence-electron chi connectivity index (χ3n) is 3.09. The summed E-state index contributed by atoms with van der Waals surface area (Å²) < 4.78 is 5.26. The number of benzene rings is 1. The maximum atomic E-state index is 10.3. The summed E-state index contributed by atoms with van der Waals surface area (Å²) in [4.78, 5) is 0. The predicted octanol–water partition coefficient (Wildman–Crippen LogP) is 2.42. The quantitative estimate of drug-likeness (QED) is 0.805. The van der Waals surface area contributed by atoms with Gasteiger partial charge in [-0.3, -0.25) is 0 Å². The van der Waals surface area contributed by atoms with Crippen LogP contribution in [0, 0.1) is 0 Å². The highest BCUT2D eigenvalue weighted by Gasteiger charge is 2.34. The Morgan fingerprint density at radius 2 is 2.20 bits per heavy atom. The number of ether oxygens (including phenoxy) is 1. The van der Waals surface area contributed by atoms with Crippen LogP contribution in [0.4, 0.5) is 0 Å². The van der Waals surface area contributed by atoms with Gasteiger partial charge < -0.3 is 9.84 Å². The van der Waals surface area contributed by atoms with Crippen LogP contribution in [0.3, 0.4) is 0 Å². The lowest BCUT2D eigenvalue weighted by Crippen LogP contribution is -2.25. The lowest BCUT2D eigenvalue weighted by molar-refractivity contribution is 0.0231.